The number of aliphatic carboxylic acids is 1. The summed E-state index contributed by atoms with van der Waals surface area (Å²) in [5.74, 6) is -1.05. The molecule has 1 unspecified atom stereocenters. The molecule has 2 N–H and O–H groups in total. The first kappa shape index (κ1) is 13.8. The quantitative estimate of drug-likeness (QED) is 0.824. The highest BCUT2D eigenvalue weighted by molar-refractivity contribution is 7.57. The van der Waals surface area contributed by atoms with Crippen LogP contribution < -0.4 is 0 Å². The molecule has 0 aliphatic carbocycles. The van der Waals surface area contributed by atoms with Crippen molar-refractivity contribution in [3.63, 3.8) is 0 Å². The van der Waals surface area contributed by atoms with Gasteiger partial charge in [-0.3, -0.25) is 9.36 Å². The number of carbonyl (C=O) groups is 1. The maximum Gasteiger partial charge on any atom is 0.303 e. The van der Waals surface area contributed by atoms with E-state index in [2.05, 4.69) is 0 Å². The Hall–Kier alpha value is -1.64. The van der Waals surface area contributed by atoms with E-state index in [4.69, 9.17) is 5.11 Å². The second-order valence-electron chi connectivity index (χ2n) is 4.51. The fourth-order valence-corrected chi connectivity index (χ4v) is 3.55. The Kier molecular flexibility index (Phi) is 4.03. The van der Waals surface area contributed by atoms with Gasteiger partial charge in [-0.15, -0.1) is 0 Å². The van der Waals surface area contributed by atoms with Crippen molar-refractivity contribution in [3.8, 4) is 0 Å². The highest BCUT2D eigenvalue weighted by Crippen LogP contribution is 2.46. The van der Waals surface area contributed by atoms with Crippen LogP contribution in [0, 0.1) is 0 Å². The van der Waals surface area contributed by atoms with Crippen molar-refractivity contribution in [3.05, 3.63) is 48.0 Å². The maximum atomic E-state index is 12.0. The Labute approximate surface area is 111 Å². The van der Waals surface area contributed by atoms with Gasteiger partial charge < -0.3 is 10.00 Å². The van der Waals surface area contributed by atoms with E-state index in [0.717, 1.165) is 16.3 Å². The zero-order valence-electron chi connectivity index (χ0n) is 10.3. The first-order valence-electron chi connectivity index (χ1n) is 5.97. The summed E-state index contributed by atoms with van der Waals surface area (Å²) in [5.41, 5.74) is 0.786. The number of hydrogen-bond acceptors (Lipinski definition) is 2. The van der Waals surface area contributed by atoms with Crippen LogP contribution in [-0.2, 0) is 15.5 Å². The Bertz CT molecular complexity index is 645. The van der Waals surface area contributed by atoms with Gasteiger partial charge in [-0.25, -0.2) is 0 Å². The molecule has 0 aliphatic heterocycles. The minimum atomic E-state index is -3.45. The summed E-state index contributed by atoms with van der Waals surface area (Å²) in [6, 6.07) is 13.2. The van der Waals surface area contributed by atoms with Gasteiger partial charge in [0.25, 0.3) is 0 Å². The predicted octanol–water partition coefficient (Wildman–Crippen LogP) is 3.08. The van der Waals surface area contributed by atoms with Crippen LogP contribution in [-0.4, -0.2) is 22.1 Å². The number of carboxylic acid groups (broad SMARTS) is 1. The molecule has 0 fully saturated rings. The highest BCUT2D eigenvalue weighted by Gasteiger charge is 2.21. The lowest BCUT2D eigenvalue weighted by Gasteiger charge is -2.12. The van der Waals surface area contributed by atoms with Crippen molar-refractivity contribution in [1.29, 1.82) is 0 Å². The van der Waals surface area contributed by atoms with Gasteiger partial charge >= 0.3 is 5.97 Å². The average molecular weight is 278 g/mol. The van der Waals surface area contributed by atoms with E-state index in [-0.39, 0.29) is 18.7 Å². The predicted molar refractivity (Wildman–Crippen MR) is 74.6 cm³/mol. The third-order valence-corrected chi connectivity index (χ3v) is 4.73. The van der Waals surface area contributed by atoms with Gasteiger partial charge in [-0.05, 0) is 16.3 Å². The van der Waals surface area contributed by atoms with E-state index in [0.29, 0.717) is 0 Å². The summed E-state index contributed by atoms with van der Waals surface area (Å²) in [4.78, 5) is 20.3. The van der Waals surface area contributed by atoms with E-state index in [1.807, 2.05) is 42.5 Å². The van der Waals surface area contributed by atoms with Crippen molar-refractivity contribution < 1.29 is 19.4 Å². The number of fused-ring (bicyclic) bond motifs is 1. The zero-order chi connectivity index (χ0) is 13.9. The van der Waals surface area contributed by atoms with E-state index in [1.54, 1.807) is 0 Å². The van der Waals surface area contributed by atoms with Gasteiger partial charge in [-0.2, -0.15) is 0 Å². The lowest BCUT2D eigenvalue weighted by atomic mass is 10.1. The van der Waals surface area contributed by atoms with Crippen molar-refractivity contribution in [2.24, 2.45) is 0 Å². The summed E-state index contributed by atoms with van der Waals surface area (Å²) in [6.45, 7) is 0. The van der Waals surface area contributed by atoms with Gasteiger partial charge in [0, 0.05) is 6.16 Å². The molecule has 2 aromatic rings. The normalized spacial score (nSPS) is 14.2. The van der Waals surface area contributed by atoms with Crippen LogP contribution in [0.3, 0.4) is 0 Å². The molecule has 100 valence electrons. The SMILES string of the molecule is O=C(O)CCP(=O)(O)Cc1cccc2ccccc12. The lowest BCUT2D eigenvalue weighted by molar-refractivity contribution is -0.136. The van der Waals surface area contributed by atoms with Crippen LogP contribution in [0.15, 0.2) is 42.5 Å². The number of hydrogen-bond donors (Lipinski definition) is 2. The van der Waals surface area contributed by atoms with Crippen LogP contribution >= 0.6 is 7.37 Å². The van der Waals surface area contributed by atoms with Gasteiger partial charge in [0.2, 0.25) is 7.37 Å². The molecule has 1 atom stereocenters. The fourth-order valence-electron chi connectivity index (χ4n) is 2.05. The number of benzene rings is 2. The smallest absolute Gasteiger partial charge is 0.303 e. The Balaban J connectivity index is 2.26. The molecule has 2 rings (SSSR count). The molecular weight excluding hydrogens is 263 g/mol. The van der Waals surface area contributed by atoms with Gasteiger partial charge in [-0.1, -0.05) is 42.5 Å². The second kappa shape index (κ2) is 5.55. The molecule has 0 bridgehead atoms. The molecule has 0 aliphatic rings. The summed E-state index contributed by atoms with van der Waals surface area (Å²) in [5, 5.41) is 10.5. The van der Waals surface area contributed by atoms with Crippen molar-refractivity contribution >= 4 is 24.1 Å². The first-order chi connectivity index (χ1) is 8.98. The van der Waals surface area contributed by atoms with E-state index >= 15 is 0 Å². The van der Waals surface area contributed by atoms with E-state index in [9.17, 15) is 14.3 Å². The molecule has 0 heterocycles. The molecule has 0 radical (unpaired) electrons. The number of carboxylic acids is 1. The summed E-state index contributed by atoms with van der Waals surface area (Å²) < 4.78 is 12.0. The van der Waals surface area contributed by atoms with E-state index in [1.165, 1.54) is 0 Å². The van der Waals surface area contributed by atoms with Crippen molar-refractivity contribution in [2.45, 2.75) is 12.6 Å². The summed E-state index contributed by atoms with van der Waals surface area (Å²) >= 11 is 0. The molecular formula is C14H15O4P. The van der Waals surface area contributed by atoms with Gasteiger partial charge in [0.15, 0.2) is 0 Å². The maximum absolute atomic E-state index is 12.0. The largest absolute Gasteiger partial charge is 0.481 e. The van der Waals surface area contributed by atoms with Crippen LogP contribution in [0.4, 0.5) is 0 Å². The average Bonchev–Trinajstić information content (AvgIpc) is 2.37. The third-order valence-electron chi connectivity index (χ3n) is 2.97. The lowest BCUT2D eigenvalue weighted by Crippen LogP contribution is -2.01. The van der Waals surface area contributed by atoms with Gasteiger partial charge in [0.05, 0.1) is 12.6 Å². The molecule has 2 aromatic carbocycles. The minimum Gasteiger partial charge on any atom is -0.481 e. The Morgan fingerprint density at radius 1 is 1.11 bits per heavy atom. The van der Waals surface area contributed by atoms with Crippen LogP contribution in [0.2, 0.25) is 0 Å². The summed E-state index contributed by atoms with van der Waals surface area (Å²) in [6.07, 6.45) is -0.453. The first-order valence-corrected chi connectivity index (χ1v) is 8.00. The standard InChI is InChI=1S/C14H15O4P/c15-14(16)8-9-19(17,18)10-12-6-3-5-11-4-1-2-7-13(11)12/h1-7H,8-10H2,(H,15,16)(H,17,18). The summed E-state index contributed by atoms with van der Waals surface area (Å²) in [7, 11) is -3.45. The molecule has 5 heteroatoms. The molecule has 0 spiro atoms. The third kappa shape index (κ3) is 3.66. The molecule has 0 saturated carbocycles. The molecule has 0 amide bonds. The molecule has 19 heavy (non-hydrogen) atoms. The number of rotatable bonds is 5. The van der Waals surface area contributed by atoms with Crippen LogP contribution in [0.1, 0.15) is 12.0 Å². The molecule has 0 saturated heterocycles. The minimum absolute atomic E-state index is 0.0155. The van der Waals surface area contributed by atoms with Crippen LogP contribution in [0.5, 0.6) is 0 Å². The van der Waals surface area contributed by atoms with Crippen LogP contribution in [0.25, 0.3) is 10.8 Å². The monoisotopic (exact) mass is 278 g/mol. The zero-order valence-corrected chi connectivity index (χ0v) is 11.2. The Morgan fingerprint density at radius 3 is 2.53 bits per heavy atom. The topological polar surface area (TPSA) is 74.6 Å². The highest BCUT2D eigenvalue weighted by atomic mass is 31.2. The fraction of sp³-hybridized carbons (Fsp3) is 0.214. The van der Waals surface area contributed by atoms with E-state index < -0.39 is 13.3 Å². The van der Waals surface area contributed by atoms with Crippen molar-refractivity contribution in [2.75, 3.05) is 6.16 Å². The van der Waals surface area contributed by atoms with Crippen molar-refractivity contribution in [1.82, 2.24) is 0 Å². The Morgan fingerprint density at radius 2 is 1.79 bits per heavy atom. The molecule has 4 nitrogen and oxygen atoms in total. The van der Waals surface area contributed by atoms with Gasteiger partial charge in [0.1, 0.15) is 0 Å². The molecule has 0 aromatic heterocycles. The second-order valence-corrected chi connectivity index (χ2v) is 6.97.